The molecule has 0 unspecified atom stereocenters. The molecule has 0 fully saturated rings. The minimum atomic E-state index is 0.309. The normalized spacial score (nSPS) is 11.2. The van der Waals surface area contributed by atoms with Crippen LogP contribution in [0.3, 0.4) is 0 Å². The smallest absolute Gasteiger partial charge is 0.185 e. The number of rotatable bonds is 4. The van der Waals surface area contributed by atoms with Crippen molar-refractivity contribution in [2.75, 3.05) is 24.9 Å². The first kappa shape index (κ1) is 14.0. The highest BCUT2D eigenvalue weighted by molar-refractivity contribution is 7.94. The SMILES string of the molecule is CNc1ccccc1-c1nc2ccccc2n1C[S+](C)C. The van der Waals surface area contributed by atoms with Crippen molar-refractivity contribution in [3.63, 3.8) is 0 Å². The van der Waals surface area contributed by atoms with Gasteiger partial charge in [-0.15, -0.1) is 0 Å². The Bertz CT molecular complexity index is 762. The van der Waals surface area contributed by atoms with E-state index in [-0.39, 0.29) is 0 Å². The Labute approximate surface area is 128 Å². The van der Waals surface area contributed by atoms with Gasteiger partial charge in [0.15, 0.2) is 5.88 Å². The first-order chi connectivity index (χ1) is 10.2. The van der Waals surface area contributed by atoms with Crippen LogP contribution in [0.15, 0.2) is 48.5 Å². The Kier molecular flexibility index (Phi) is 3.88. The Morgan fingerprint density at radius 1 is 1.05 bits per heavy atom. The van der Waals surface area contributed by atoms with Gasteiger partial charge < -0.3 is 5.32 Å². The first-order valence-corrected chi connectivity index (χ1v) is 9.18. The van der Waals surface area contributed by atoms with Gasteiger partial charge in [-0.1, -0.05) is 24.3 Å². The highest BCUT2D eigenvalue weighted by Gasteiger charge is 2.18. The topological polar surface area (TPSA) is 29.9 Å². The van der Waals surface area contributed by atoms with E-state index >= 15 is 0 Å². The molecule has 0 aliphatic heterocycles. The van der Waals surface area contributed by atoms with Gasteiger partial charge >= 0.3 is 0 Å². The maximum Gasteiger partial charge on any atom is 0.185 e. The van der Waals surface area contributed by atoms with Gasteiger partial charge in [-0.2, -0.15) is 0 Å². The Balaban J connectivity index is 2.26. The molecular weight excluding hydrogens is 278 g/mol. The van der Waals surface area contributed by atoms with E-state index in [4.69, 9.17) is 4.98 Å². The van der Waals surface area contributed by atoms with Crippen molar-refractivity contribution < 1.29 is 0 Å². The first-order valence-electron chi connectivity index (χ1n) is 6.97. The zero-order valence-corrected chi connectivity index (χ0v) is 13.4. The van der Waals surface area contributed by atoms with E-state index in [0.717, 1.165) is 28.5 Å². The molecule has 4 heteroatoms. The van der Waals surface area contributed by atoms with Crippen molar-refractivity contribution in [2.24, 2.45) is 0 Å². The van der Waals surface area contributed by atoms with E-state index in [0.29, 0.717) is 10.9 Å². The molecule has 0 saturated heterocycles. The Hall–Kier alpha value is -1.94. The number of para-hydroxylation sites is 3. The molecule has 0 atom stereocenters. The number of hydrogen-bond acceptors (Lipinski definition) is 2. The predicted molar refractivity (Wildman–Crippen MR) is 93.9 cm³/mol. The molecule has 0 radical (unpaired) electrons. The molecule has 0 aliphatic carbocycles. The van der Waals surface area contributed by atoms with Gasteiger partial charge in [-0.25, -0.2) is 4.98 Å². The van der Waals surface area contributed by atoms with Crippen LogP contribution in [0.1, 0.15) is 0 Å². The maximum atomic E-state index is 4.87. The van der Waals surface area contributed by atoms with Crippen molar-refractivity contribution in [3.8, 4) is 11.4 Å². The van der Waals surface area contributed by atoms with Gasteiger partial charge in [-0.05, 0) is 24.3 Å². The summed E-state index contributed by atoms with van der Waals surface area (Å²) in [6.07, 6.45) is 4.53. The van der Waals surface area contributed by atoms with Gasteiger partial charge in [0.25, 0.3) is 0 Å². The van der Waals surface area contributed by atoms with Gasteiger partial charge in [0.05, 0.1) is 23.5 Å². The van der Waals surface area contributed by atoms with Gasteiger partial charge in [0.1, 0.15) is 5.82 Å². The molecule has 0 spiro atoms. The third-order valence-electron chi connectivity index (χ3n) is 3.48. The number of imidazole rings is 1. The van der Waals surface area contributed by atoms with Gasteiger partial charge in [-0.3, -0.25) is 4.57 Å². The molecule has 108 valence electrons. The van der Waals surface area contributed by atoms with Crippen LogP contribution in [0, 0.1) is 0 Å². The van der Waals surface area contributed by atoms with Gasteiger partial charge in [0, 0.05) is 29.2 Å². The summed E-state index contributed by atoms with van der Waals surface area (Å²) < 4.78 is 2.34. The number of nitrogens with zero attached hydrogens (tertiary/aromatic N) is 2. The van der Waals surface area contributed by atoms with E-state index < -0.39 is 0 Å². The lowest BCUT2D eigenvalue weighted by molar-refractivity contribution is 0.930. The van der Waals surface area contributed by atoms with E-state index in [1.54, 1.807) is 0 Å². The van der Waals surface area contributed by atoms with Crippen molar-refractivity contribution in [3.05, 3.63) is 48.5 Å². The molecule has 0 bridgehead atoms. The Morgan fingerprint density at radius 3 is 2.52 bits per heavy atom. The summed E-state index contributed by atoms with van der Waals surface area (Å²) >= 11 is 0. The van der Waals surface area contributed by atoms with E-state index in [2.05, 4.69) is 58.8 Å². The van der Waals surface area contributed by atoms with Crippen LogP contribution in [-0.2, 0) is 16.8 Å². The second-order valence-electron chi connectivity index (χ2n) is 5.26. The second-order valence-corrected chi connectivity index (χ2v) is 7.49. The fraction of sp³-hybridized carbons (Fsp3) is 0.235. The lowest BCUT2D eigenvalue weighted by Crippen LogP contribution is -2.09. The summed E-state index contributed by atoms with van der Waals surface area (Å²) in [7, 11) is 2.26. The van der Waals surface area contributed by atoms with Crippen LogP contribution >= 0.6 is 0 Å². The maximum absolute atomic E-state index is 4.87. The zero-order valence-electron chi connectivity index (χ0n) is 12.6. The van der Waals surface area contributed by atoms with Crippen molar-refractivity contribution in [1.29, 1.82) is 0 Å². The van der Waals surface area contributed by atoms with E-state index in [1.807, 2.05) is 19.2 Å². The number of benzene rings is 2. The van der Waals surface area contributed by atoms with Crippen molar-refractivity contribution >= 4 is 27.6 Å². The number of anilines is 1. The lowest BCUT2D eigenvalue weighted by Gasteiger charge is -2.11. The molecule has 0 saturated carbocycles. The Morgan fingerprint density at radius 2 is 1.76 bits per heavy atom. The molecule has 2 aromatic carbocycles. The van der Waals surface area contributed by atoms with Crippen LogP contribution in [0.25, 0.3) is 22.4 Å². The van der Waals surface area contributed by atoms with Crippen LogP contribution in [0.2, 0.25) is 0 Å². The van der Waals surface area contributed by atoms with Crippen LogP contribution in [-0.4, -0.2) is 29.1 Å². The standard InChI is InChI=1S/C17H20N3S/c1-18-14-9-5-4-8-13(14)17-19-15-10-6-7-11-16(15)20(17)12-21(2)3/h4-11,18H,12H2,1-3H3/q+1. The molecule has 0 amide bonds. The highest BCUT2D eigenvalue weighted by Crippen LogP contribution is 2.30. The fourth-order valence-corrected chi connectivity index (χ4v) is 3.34. The van der Waals surface area contributed by atoms with Crippen LogP contribution < -0.4 is 5.32 Å². The summed E-state index contributed by atoms with van der Waals surface area (Å²) in [6, 6.07) is 16.7. The largest absolute Gasteiger partial charge is 0.388 e. The average Bonchev–Trinajstić information content (AvgIpc) is 2.85. The minimum Gasteiger partial charge on any atom is -0.388 e. The molecule has 3 nitrogen and oxygen atoms in total. The molecular formula is C17H20N3S+. The third kappa shape index (κ3) is 2.63. The molecule has 1 aromatic heterocycles. The summed E-state index contributed by atoms with van der Waals surface area (Å²) in [6.45, 7) is 0. The average molecular weight is 298 g/mol. The number of aromatic nitrogens is 2. The van der Waals surface area contributed by atoms with Crippen LogP contribution in [0.4, 0.5) is 5.69 Å². The monoisotopic (exact) mass is 298 g/mol. The number of nitrogens with one attached hydrogen (secondary N) is 1. The highest BCUT2D eigenvalue weighted by atomic mass is 32.2. The van der Waals surface area contributed by atoms with Crippen molar-refractivity contribution in [2.45, 2.75) is 5.88 Å². The van der Waals surface area contributed by atoms with Gasteiger partial charge in [0.2, 0.25) is 0 Å². The lowest BCUT2D eigenvalue weighted by atomic mass is 10.1. The van der Waals surface area contributed by atoms with E-state index in [1.165, 1.54) is 5.52 Å². The summed E-state index contributed by atoms with van der Waals surface area (Å²) in [5.41, 5.74) is 4.53. The summed E-state index contributed by atoms with van der Waals surface area (Å²) in [4.78, 5) is 4.87. The second kappa shape index (κ2) is 5.82. The number of hydrogen-bond donors (Lipinski definition) is 1. The molecule has 1 heterocycles. The summed E-state index contributed by atoms with van der Waals surface area (Å²) in [5, 5.41) is 3.27. The predicted octanol–water partition coefficient (Wildman–Crippen LogP) is 3.58. The quantitative estimate of drug-likeness (QED) is 0.746. The molecule has 1 N–H and O–H groups in total. The zero-order chi connectivity index (χ0) is 14.8. The minimum absolute atomic E-state index is 0.309. The molecule has 21 heavy (non-hydrogen) atoms. The molecule has 3 aromatic rings. The fourth-order valence-electron chi connectivity index (χ4n) is 2.57. The summed E-state index contributed by atoms with van der Waals surface area (Å²) in [5.74, 6) is 2.04. The van der Waals surface area contributed by atoms with E-state index in [9.17, 15) is 0 Å². The van der Waals surface area contributed by atoms with Crippen LogP contribution in [0.5, 0.6) is 0 Å². The molecule has 0 aliphatic rings. The van der Waals surface area contributed by atoms with Crippen molar-refractivity contribution in [1.82, 2.24) is 9.55 Å². The third-order valence-corrected chi connectivity index (χ3v) is 4.25. The number of fused-ring (bicyclic) bond motifs is 1. The molecule has 3 rings (SSSR count).